The van der Waals surface area contributed by atoms with E-state index in [0.717, 1.165) is 68.7 Å². The van der Waals surface area contributed by atoms with E-state index in [1.54, 1.807) is 6.07 Å². The highest BCUT2D eigenvalue weighted by atomic mass is 19.1. The van der Waals surface area contributed by atoms with Gasteiger partial charge < -0.3 is 16.0 Å². The highest BCUT2D eigenvalue weighted by Gasteiger charge is 2.23. The summed E-state index contributed by atoms with van der Waals surface area (Å²) < 4.78 is 14.4. The van der Waals surface area contributed by atoms with E-state index in [0.29, 0.717) is 5.92 Å². The van der Waals surface area contributed by atoms with Crippen molar-refractivity contribution in [3.8, 4) is 0 Å². The third-order valence-electron chi connectivity index (χ3n) is 7.03. The van der Waals surface area contributed by atoms with Crippen LogP contribution in [0, 0.1) is 5.82 Å². The van der Waals surface area contributed by atoms with Gasteiger partial charge in [-0.25, -0.2) is 4.39 Å². The van der Waals surface area contributed by atoms with Crippen LogP contribution in [0.5, 0.6) is 0 Å². The third kappa shape index (κ3) is 11.4. The minimum Gasteiger partial charge on any atom is -0.405 e. The van der Waals surface area contributed by atoms with Gasteiger partial charge in [-0.3, -0.25) is 0 Å². The van der Waals surface area contributed by atoms with E-state index in [9.17, 15) is 4.39 Å². The molecule has 2 aromatic carbocycles. The molecule has 0 aromatic heterocycles. The molecule has 0 bridgehead atoms. The Labute approximate surface area is 244 Å². The Bertz CT molecular complexity index is 1060. The molecule has 0 amide bonds. The molecule has 3 rings (SSSR count). The van der Waals surface area contributed by atoms with Gasteiger partial charge in [0.15, 0.2) is 0 Å². The third-order valence-corrected chi connectivity index (χ3v) is 7.03. The highest BCUT2D eigenvalue weighted by molar-refractivity contribution is 5.42. The van der Waals surface area contributed by atoms with Crippen molar-refractivity contribution >= 4 is 0 Å². The fraction of sp³-hybridized carbons (Fsp3) is 0.389. The Balaban J connectivity index is 0.00000150. The van der Waals surface area contributed by atoms with Crippen LogP contribution < -0.4 is 11.1 Å². The number of allylic oxidation sites excluding steroid dienone is 5. The lowest BCUT2D eigenvalue weighted by Gasteiger charge is -2.32. The first-order valence-electron chi connectivity index (χ1n) is 14.7. The van der Waals surface area contributed by atoms with Crippen LogP contribution >= 0.6 is 0 Å². The first-order valence-corrected chi connectivity index (χ1v) is 14.7. The summed E-state index contributed by atoms with van der Waals surface area (Å²) in [5, 5.41) is 3.58. The lowest BCUT2D eigenvalue weighted by atomic mass is 9.87. The van der Waals surface area contributed by atoms with Gasteiger partial charge in [-0.1, -0.05) is 107 Å². The van der Waals surface area contributed by atoms with Crippen molar-refractivity contribution in [2.75, 3.05) is 26.2 Å². The van der Waals surface area contributed by atoms with Gasteiger partial charge in [0.1, 0.15) is 5.82 Å². The maximum Gasteiger partial charge on any atom is 0.126 e. The van der Waals surface area contributed by atoms with Crippen LogP contribution in [0.25, 0.3) is 0 Å². The molecule has 1 heterocycles. The van der Waals surface area contributed by atoms with Gasteiger partial charge in [0.25, 0.3) is 0 Å². The average Bonchev–Trinajstić information content (AvgIpc) is 3.00. The van der Waals surface area contributed by atoms with Crippen molar-refractivity contribution in [2.45, 2.75) is 65.2 Å². The Morgan fingerprint density at radius 2 is 1.77 bits per heavy atom. The molecule has 4 heteroatoms. The summed E-state index contributed by atoms with van der Waals surface area (Å²) in [6.07, 6.45) is 13.4. The maximum absolute atomic E-state index is 14.4. The van der Waals surface area contributed by atoms with E-state index in [-0.39, 0.29) is 11.7 Å². The Morgan fingerprint density at radius 3 is 2.35 bits per heavy atom. The Morgan fingerprint density at radius 1 is 1.12 bits per heavy atom. The lowest BCUT2D eigenvalue weighted by molar-refractivity contribution is 0.208. The largest absolute Gasteiger partial charge is 0.405 e. The fourth-order valence-electron chi connectivity index (χ4n) is 4.98. The number of aryl methyl sites for hydroxylation is 1. The number of piperidine rings is 1. The van der Waals surface area contributed by atoms with Crippen LogP contribution in [0.3, 0.4) is 0 Å². The smallest absolute Gasteiger partial charge is 0.126 e. The minimum atomic E-state index is -0.0429. The predicted octanol–water partition coefficient (Wildman–Crippen LogP) is 8.65. The summed E-state index contributed by atoms with van der Waals surface area (Å²) in [6, 6.07) is 16.1. The van der Waals surface area contributed by atoms with Crippen molar-refractivity contribution in [3.63, 3.8) is 0 Å². The number of hydrogen-bond donors (Lipinski definition) is 2. The number of nitrogens with two attached hydrogens (primary N) is 1. The molecule has 1 fully saturated rings. The molecule has 0 spiro atoms. The Kier molecular flexibility index (Phi) is 17.8. The van der Waals surface area contributed by atoms with E-state index >= 15 is 0 Å². The summed E-state index contributed by atoms with van der Waals surface area (Å²) in [6.45, 7) is 23.7. The van der Waals surface area contributed by atoms with Gasteiger partial charge >= 0.3 is 0 Å². The van der Waals surface area contributed by atoms with E-state index < -0.39 is 0 Å². The van der Waals surface area contributed by atoms with Gasteiger partial charge in [0, 0.05) is 18.2 Å². The molecular weight excluding hydrogens is 493 g/mol. The second-order valence-electron chi connectivity index (χ2n) is 9.61. The maximum atomic E-state index is 14.4. The highest BCUT2D eigenvalue weighted by Crippen LogP contribution is 2.32. The zero-order valence-corrected chi connectivity index (χ0v) is 25.3. The molecule has 0 aliphatic carbocycles. The molecule has 2 aromatic rings. The van der Waals surface area contributed by atoms with E-state index in [1.807, 2.05) is 51.1 Å². The number of likely N-dealkylation sites (tertiary alicyclic amines) is 1. The first-order chi connectivity index (χ1) is 19.5. The van der Waals surface area contributed by atoms with Gasteiger partial charge in [0.05, 0.1) is 0 Å². The van der Waals surface area contributed by atoms with Crippen LogP contribution in [0.2, 0.25) is 0 Å². The molecule has 0 radical (unpaired) electrons. The van der Waals surface area contributed by atoms with Crippen molar-refractivity contribution in [1.82, 2.24) is 10.2 Å². The standard InChI is InChI=1S/C32H41FN2.C2H5N.C2H6/c1-5-8-13-27(7-3)32(29-14-10-9-11-15-29)25(4)34-20-12-21-35-22-18-28(19-23-35)30-24-26(6-2)16-17-31(30)33;1-2-3;1-2/h5,7-11,13-17,24,28,32,34H,3-4,6,12,18-23H2,1-2H3;2H,1,3H2;1-2H3/b8-5-,27-13+;;. The quantitative estimate of drug-likeness (QED) is 0.207. The summed E-state index contributed by atoms with van der Waals surface area (Å²) in [4.78, 5) is 2.51. The SMILES string of the molecule is C=C/C(=C\C=C/C)C(C(=C)NCCCN1CCC(c2cc(CC)ccc2F)CC1)c1ccccc1.C=CN.CC. The Hall–Kier alpha value is -3.37. The van der Waals surface area contributed by atoms with E-state index in [4.69, 9.17) is 0 Å². The number of benzene rings is 2. The molecule has 1 aliphatic rings. The van der Waals surface area contributed by atoms with Crippen LogP contribution in [0.1, 0.15) is 75.5 Å². The molecule has 3 N–H and O–H groups in total. The molecule has 218 valence electrons. The minimum absolute atomic E-state index is 0.0429. The lowest BCUT2D eigenvalue weighted by Crippen LogP contribution is -2.35. The van der Waals surface area contributed by atoms with Crippen molar-refractivity contribution in [2.24, 2.45) is 5.73 Å². The number of halogens is 1. The second-order valence-corrected chi connectivity index (χ2v) is 9.61. The van der Waals surface area contributed by atoms with Crippen LogP contribution in [-0.2, 0) is 6.42 Å². The average molecular weight is 546 g/mol. The molecule has 0 saturated carbocycles. The normalized spacial score (nSPS) is 14.8. The predicted molar refractivity (Wildman–Crippen MR) is 174 cm³/mol. The van der Waals surface area contributed by atoms with Crippen LogP contribution in [0.4, 0.5) is 4.39 Å². The van der Waals surface area contributed by atoms with Crippen LogP contribution in [-0.4, -0.2) is 31.1 Å². The topological polar surface area (TPSA) is 41.3 Å². The number of hydrogen-bond acceptors (Lipinski definition) is 3. The molecular formula is C36H52FN3. The molecule has 1 atom stereocenters. The molecule has 3 nitrogen and oxygen atoms in total. The van der Waals surface area contributed by atoms with Crippen molar-refractivity contribution < 1.29 is 4.39 Å². The summed E-state index contributed by atoms with van der Waals surface area (Å²) in [7, 11) is 0. The summed E-state index contributed by atoms with van der Waals surface area (Å²) in [5.74, 6) is 0.358. The number of nitrogens with zero attached hydrogens (tertiary/aromatic N) is 1. The van der Waals surface area contributed by atoms with Gasteiger partial charge in [-0.2, -0.15) is 0 Å². The summed E-state index contributed by atoms with van der Waals surface area (Å²) in [5.41, 5.74) is 10.1. The number of nitrogens with one attached hydrogen (secondary N) is 1. The van der Waals surface area contributed by atoms with Crippen LogP contribution in [0.15, 0.2) is 110 Å². The zero-order valence-electron chi connectivity index (χ0n) is 25.3. The number of rotatable bonds is 12. The first kappa shape index (κ1) is 34.7. The van der Waals surface area contributed by atoms with E-state index in [2.05, 4.69) is 79.0 Å². The molecule has 1 saturated heterocycles. The molecule has 1 aliphatic heterocycles. The summed E-state index contributed by atoms with van der Waals surface area (Å²) >= 11 is 0. The monoisotopic (exact) mass is 545 g/mol. The molecule has 1 unspecified atom stereocenters. The fourth-order valence-corrected chi connectivity index (χ4v) is 4.98. The zero-order chi connectivity index (χ0) is 29.8. The molecule has 40 heavy (non-hydrogen) atoms. The van der Waals surface area contributed by atoms with Gasteiger partial charge in [0.2, 0.25) is 0 Å². The second kappa shape index (κ2) is 20.5. The van der Waals surface area contributed by atoms with Crippen molar-refractivity contribution in [1.29, 1.82) is 0 Å². The van der Waals surface area contributed by atoms with Crippen molar-refractivity contribution in [3.05, 3.63) is 133 Å². The van der Waals surface area contributed by atoms with Gasteiger partial charge in [-0.15, -0.1) is 0 Å². The van der Waals surface area contributed by atoms with E-state index in [1.165, 1.54) is 17.3 Å². The van der Waals surface area contributed by atoms with Gasteiger partial charge in [-0.05, 0) is 92.7 Å².